The number of ether oxygens (including phenoxy) is 2. The molecule has 1 unspecified atom stereocenters. The zero-order chi connectivity index (χ0) is 24.3. The van der Waals surface area contributed by atoms with Crippen LogP contribution < -0.4 is 10.6 Å². The lowest BCUT2D eigenvalue weighted by atomic mass is 10.0. The van der Waals surface area contributed by atoms with Crippen molar-refractivity contribution in [3.63, 3.8) is 0 Å². The average Bonchev–Trinajstić information content (AvgIpc) is 2.70. The van der Waals surface area contributed by atoms with E-state index in [4.69, 9.17) is 15.9 Å². The first-order valence-corrected chi connectivity index (χ1v) is 9.96. The number of nitrogens with zero attached hydrogens (tertiary/aromatic N) is 1. The lowest BCUT2D eigenvalue weighted by molar-refractivity contribution is -0.143. The Morgan fingerprint density at radius 1 is 1.16 bits per heavy atom. The van der Waals surface area contributed by atoms with Crippen molar-refractivity contribution in [3.05, 3.63) is 29.8 Å². The summed E-state index contributed by atoms with van der Waals surface area (Å²) in [5.74, 6) is -1.92. The van der Waals surface area contributed by atoms with E-state index < -0.39 is 42.1 Å². The average molecular weight is 447 g/mol. The molecule has 0 radical (unpaired) electrons. The van der Waals surface area contributed by atoms with Crippen molar-refractivity contribution in [3.8, 4) is 18.2 Å². The minimum atomic E-state index is -1.27. The number of esters is 1. The molecule has 0 bridgehead atoms. The molecule has 1 aromatic rings. The molecule has 32 heavy (non-hydrogen) atoms. The molecular formula is C22H29N3O7. The van der Waals surface area contributed by atoms with Crippen molar-refractivity contribution >= 4 is 23.9 Å². The van der Waals surface area contributed by atoms with Gasteiger partial charge in [0, 0.05) is 12.6 Å². The fourth-order valence-electron chi connectivity index (χ4n) is 2.53. The SMILES string of the molecule is C#CN(C(=O)CNC(=O)OC(C)(C)C)C(C(=O)NCCC(=O)OCC)c1ccc(O)cc1. The predicted octanol–water partition coefficient (Wildman–Crippen LogP) is 1.45. The van der Waals surface area contributed by atoms with Crippen molar-refractivity contribution in [1.29, 1.82) is 0 Å². The summed E-state index contributed by atoms with van der Waals surface area (Å²) in [6.07, 6.45) is 4.63. The number of rotatable bonds is 9. The van der Waals surface area contributed by atoms with Gasteiger partial charge in [-0.05, 0) is 45.4 Å². The van der Waals surface area contributed by atoms with Gasteiger partial charge >= 0.3 is 12.1 Å². The summed E-state index contributed by atoms with van der Waals surface area (Å²) >= 11 is 0. The van der Waals surface area contributed by atoms with Crippen LogP contribution in [0.3, 0.4) is 0 Å². The van der Waals surface area contributed by atoms with E-state index in [0.717, 1.165) is 4.90 Å². The maximum atomic E-state index is 12.9. The third kappa shape index (κ3) is 8.95. The first kappa shape index (κ1) is 26.3. The minimum absolute atomic E-state index is 0.0327. The lowest BCUT2D eigenvalue weighted by Crippen LogP contribution is -2.46. The van der Waals surface area contributed by atoms with Crippen molar-refractivity contribution in [1.82, 2.24) is 15.5 Å². The van der Waals surface area contributed by atoms with Crippen LogP contribution in [0, 0.1) is 12.5 Å². The summed E-state index contributed by atoms with van der Waals surface area (Å²) in [6.45, 7) is 6.35. The van der Waals surface area contributed by atoms with Gasteiger partial charge in [-0.2, -0.15) is 0 Å². The molecule has 10 nitrogen and oxygen atoms in total. The third-order valence-electron chi connectivity index (χ3n) is 3.84. The van der Waals surface area contributed by atoms with Gasteiger partial charge in [0.2, 0.25) is 5.91 Å². The van der Waals surface area contributed by atoms with E-state index in [-0.39, 0.29) is 25.3 Å². The van der Waals surface area contributed by atoms with Gasteiger partial charge in [-0.25, -0.2) is 4.79 Å². The largest absolute Gasteiger partial charge is 0.508 e. The molecule has 174 valence electrons. The lowest BCUT2D eigenvalue weighted by Gasteiger charge is -2.27. The Morgan fingerprint density at radius 3 is 2.31 bits per heavy atom. The number of phenolic OH excluding ortho intramolecular Hbond substituents is 1. The van der Waals surface area contributed by atoms with E-state index in [1.54, 1.807) is 27.7 Å². The molecule has 10 heteroatoms. The zero-order valence-corrected chi connectivity index (χ0v) is 18.6. The molecule has 0 aliphatic carbocycles. The van der Waals surface area contributed by atoms with Gasteiger partial charge in [0.15, 0.2) is 0 Å². The number of phenols is 1. The molecule has 1 atom stereocenters. The van der Waals surface area contributed by atoms with E-state index in [1.807, 2.05) is 0 Å². The highest BCUT2D eigenvalue weighted by atomic mass is 16.6. The van der Waals surface area contributed by atoms with Gasteiger partial charge in [-0.1, -0.05) is 18.6 Å². The highest BCUT2D eigenvalue weighted by Crippen LogP contribution is 2.23. The van der Waals surface area contributed by atoms with Gasteiger partial charge in [0.25, 0.3) is 5.91 Å². The molecule has 0 heterocycles. The van der Waals surface area contributed by atoms with Crippen molar-refractivity contribution < 1.29 is 33.8 Å². The monoisotopic (exact) mass is 447 g/mol. The number of carbonyl (C=O) groups excluding carboxylic acids is 4. The molecule has 3 amide bonds. The Bertz CT molecular complexity index is 854. The summed E-state index contributed by atoms with van der Waals surface area (Å²) in [5, 5.41) is 14.4. The first-order valence-electron chi connectivity index (χ1n) is 9.96. The van der Waals surface area contributed by atoms with Crippen molar-refractivity contribution in [2.75, 3.05) is 19.7 Å². The van der Waals surface area contributed by atoms with Crippen LogP contribution in [0.4, 0.5) is 4.79 Å². The van der Waals surface area contributed by atoms with Crippen LogP contribution in [0.1, 0.15) is 45.7 Å². The molecule has 0 aliphatic heterocycles. The zero-order valence-electron chi connectivity index (χ0n) is 18.6. The van der Waals surface area contributed by atoms with Crippen molar-refractivity contribution in [2.24, 2.45) is 0 Å². The number of terminal acetylenes is 1. The van der Waals surface area contributed by atoms with Crippen LogP contribution >= 0.6 is 0 Å². The van der Waals surface area contributed by atoms with Crippen LogP contribution in [0.5, 0.6) is 5.75 Å². The van der Waals surface area contributed by atoms with Gasteiger partial charge in [0.1, 0.15) is 23.9 Å². The summed E-state index contributed by atoms with van der Waals surface area (Å²) in [7, 11) is 0. The highest BCUT2D eigenvalue weighted by molar-refractivity contribution is 5.91. The number of aromatic hydroxyl groups is 1. The second kappa shape index (κ2) is 12.2. The van der Waals surface area contributed by atoms with Crippen LogP contribution in [0.2, 0.25) is 0 Å². The molecule has 0 saturated carbocycles. The fraction of sp³-hybridized carbons (Fsp3) is 0.455. The van der Waals surface area contributed by atoms with Crippen LogP contribution in [-0.4, -0.2) is 59.2 Å². The number of alkyl carbamates (subject to hydrolysis) is 1. The molecule has 0 saturated heterocycles. The molecule has 0 spiro atoms. The Labute approximate surface area is 187 Å². The maximum absolute atomic E-state index is 12.9. The number of benzene rings is 1. The molecule has 1 aromatic carbocycles. The second-order valence-corrected chi connectivity index (χ2v) is 7.59. The summed E-state index contributed by atoms with van der Waals surface area (Å²) in [4.78, 5) is 49.7. The van der Waals surface area contributed by atoms with Gasteiger partial charge in [-0.15, -0.1) is 0 Å². The third-order valence-corrected chi connectivity index (χ3v) is 3.84. The van der Waals surface area contributed by atoms with Crippen LogP contribution in [-0.2, 0) is 23.9 Å². The summed E-state index contributed by atoms with van der Waals surface area (Å²) in [6, 6.07) is 6.44. The molecule has 0 fully saturated rings. The predicted molar refractivity (Wildman–Crippen MR) is 115 cm³/mol. The number of carbonyl (C=O) groups is 4. The van der Waals surface area contributed by atoms with E-state index >= 15 is 0 Å². The van der Waals surface area contributed by atoms with Crippen LogP contribution in [0.25, 0.3) is 0 Å². The van der Waals surface area contributed by atoms with E-state index in [0.29, 0.717) is 5.56 Å². The van der Waals surface area contributed by atoms with E-state index in [9.17, 15) is 24.3 Å². The fourth-order valence-corrected chi connectivity index (χ4v) is 2.53. The standard InChI is InChI=1S/C22H29N3O7/c1-6-25(17(27)14-24-21(30)32-22(3,4)5)19(15-8-10-16(26)11-9-15)20(29)23-13-12-18(28)31-7-2/h1,8-11,19,26H,7,12-14H2,2-5H3,(H,23,29)(H,24,30). The Kier molecular flexibility index (Phi) is 10.0. The highest BCUT2D eigenvalue weighted by Gasteiger charge is 2.31. The first-order chi connectivity index (χ1) is 15.0. The minimum Gasteiger partial charge on any atom is -0.508 e. The second-order valence-electron chi connectivity index (χ2n) is 7.59. The maximum Gasteiger partial charge on any atom is 0.408 e. The number of amides is 3. The summed E-state index contributed by atoms with van der Waals surface area (Å²) in [5.41, 5.74) is -0.438. The number of nitrogens with one attached hydrogen (secondary N) is 2. The molecule has 3 N–H and O–H groups in total. The van der Waals surface area contributed by atoms with Gasteiger partial charge in [0.05, 0.1) is 13.0 Å². The Balaban J connectivity index is 2.98. The molecule has 0 aromatic heterocycles. The number of hydrogen-bond acceptors (Lipinski definition) is 7. The quantitative estimate of drug-likeness (QED) is 0.296. The normalized spacial score (nSPS) is 11.5. The Morgan fingerprint density at radius 2 is 1.78 bits per heavy atom. The van der Waals surface area contributed by atoms with Crippen molar-refractivity contribution in [2.45, 2.75) is 45.8 Å². The number of hydrogen-bond donors (Lipinski definition) is 3. The molecule has 1 rings (SSSR count). The molecule has 0 aliphatic rings. The van der Waals surface area contributed by atoms with Gasteiger partial charge in [-0.3, -0.25) is 19.3 Å². The van der Waals surface area contributed by atoms with E-state index in [2.05, 4.69) is 16.7 Å². The molecular weight excluding hydrogens is 418 g/mol. The van der Waals surface area contributed by atoms with Gasteiger partial charge < -0.3 is 25.2 Å². The Hall–Kier alpha value is -3.74. The smallest absolute Gasteiger partial charge is 0.408 e. The van der Waals surface area contributed by atoms with Crippen LogP contribution in [0.15, 0.2) is 24.3 Å². The summed E-state index contributed by atoms with van der Waals surface area (Å²) < 4.78 is 9.89. The topological polar surface area (TPSA) is 134 Å². The van der Waals surface area contributed by atoms with E-state index in [1.165, 1.54) is 24.3 Å².